The Morgan fingerprint density at radius 1 is 1.21 bits per heavy atom. The van der Waals surface area contributed by atoms with Crippen LogP contribution in [0.15, 0.2) is 54.5 Å². The summed E-state index contributed by atoms with van der Waals surface area (Å²) in [5.41, 5.74) is 7.58. The van der Waals surface area contributed by atoms with Gasteiger partial charge >= 0.3 is 6.18 Å². The second-order valence-electron chi connectivity index (χ2n) is 6.13. The Bertz CT molecular complexity index is 1170. The smallest absolute Gasteiger partial charge is 0.396 e. The van der Waals surface area contributed by atoms with Crippen molar-refractivity contribution in [1.29, 1.82) is 0 Å². The first kappa shape index (κ1) is 19.8. The zero-order valence-corrected chi connectivity index (χ0v) is 15.7. The molecule has 0 aliphatic carbocycles. The van der Waals surface area contributed by atoms with Gasteiger partial charge in [0.15, 0.2) is 0 Å². The molecular weight excluding hydrogens is 391 g/mol. The minimum Gasteiger partial charge on any atom is -0.396 e. The third kappa shape index (κ3) is 3.57. The number of alkyl halides is 3. The molecule has 3 rings (SSSR count). The average molecular weight is 409 g/mol. The number of rotatable bonds is 5. The lowest BCUT2D eigenvalue weighted by Crippen LogP contribution is -2.08. The fraction of sp³-hybridized carbons (Fsp3) is 0.158. The molecule has 0 fully saturated rings. The predicted octanol–water partition coefficient (Wildman–Crippen LogP) is 4.81. The summed E-state index contributed by atoms with van der Waals surface area (Å²) in [6.07, 6.45) is -4.46. The van der Waals surface area contributed by atoms with Crippen molar-refractivity contribution in [3.63, 3.8) is 0 Å². The third-order valence-corrected chi connectivity index (χ3v) is 5.32. The topological polar surface area (TPSA) is 77.1 Å². The quantitative estimate of drug-likeness (QED) is 0.635. The number of hydrogen-bond acceptors (Lipinski definition) is 3. The molecule has 0 aliphatic heterocycles. The molecule has 0 saturated heterocycles. The first-order chi connectivity index (χ1) is 13.1. The molecule has 2 aromatic carbocycles. The Kier molecular flexibility index (Phi) is 4.88. The molecule has 1 heterocycles. The second kappa shape index (κ2) is 6.90. The number of nitrogens with zero attached hydrogens (tertiary/aromatic N) is 1. The van der Waals surface area contributed by atoms with Crippen molar-refractivity contribution < 1.29 is 21.6 Å². The lowest BCUT2D eigenvalue weighted by atomic mass is 10.1. The molecule has 9 heteroatoms. The van der Waals surface area contributed by atoms with Crippen molar-refractivity contribution in [2.75, 3.05) is 10.5 Å². The van der Waals surface area contributed by atoms with E-state index in [0.717, 1.165) is 17.5 Å². The summed E-state index contributed by atoms with van der Waals surface area (Å²) in [5.74, 6) is 0. The predicted molar refractivity (Wildman–Crippen MR) is 105 cm³/mol. The van der Waals surface area contributed by atoms with Gasteiger partial charge in [-0.15, -0.1) is 0 Å². The largest absolute Gasteiger partial charge is 0.416 e. The average Bonchev–Trinajstić information content (AvgIpc) is 2.92. The molecule has 5 nitrogen and oxygen atoms in total. The summed E-state index contributed by atoms with van der Waals surface area (Å²) in [6.45, 7) is 5.42. The number of aryl methyl sites for hydroxylation is 1. The minimum atomic E-state index is -4.46. The van der Waals surface area contributed by atoms with Crippen LogP contribution >= 0.6 is 0 Å². The van der Waals surface area contributed by atoms with E-state index in [1.54, 1.807) is 35.8 Å². The highest BCUT2D eigenvalue weighted by Crippen LogP contribution is 2.39. The number of benzene rings is 2. The van der Waals surface area contributed by atoms with Crippen molar-refractivity contribution in [2.24, 2.45) is 0 Å². The van der Waals surface area contributed by atoms with Gasteiger partial charge in [-0.05, 0) is 31.2 Å². The fourth-order valence-electron chi connectivity index (χ4n) is 3.13. The standard InChI is InChI=1S/C19H18F3N3O2S/c1-3-25-16-11-13(19(20,21)22)8-9-15(16)17(23)18(25)12-6-5-7-14(10-12)24-28(26,27)4-2/h4-11,24H,2-3,23H2,1H3. The lowest BCUT2D eigenvalue weighted by Gasteiger charge is -2.12. The van der Waals surface area contributed by atoms with Crippen molar-refractivity contribution >= 4 is 32.3 Å². The maximum absolute atomic E-state index is 13.1. The van der Waals surface area contributed by atoms with E-state index in [1.165, 1.54) is 6.07 Å². The van der Waals surface area contributed by atoms with Crippen LogP contribution in [-0.2, 0) is 22.7 Å². The van der Waals surface area contributed by atoms with Gasteiger partial charge < -0.3 is 10.3 Å². The van der Waals surface area contributed by atoms with Crippen LogP contribution in [0.3, 0.4) is 0 Å². The number of hydrogen-bond donors (Lipinski definition) is 2. The molecule has 28 heavy (non-hydrogen) atoms. The molecular formula is C19H18F3N3O2S. The van der Waals surface area contributed by atoms with Crippen LogP contribution in [0.4, 0.5) is 24.5 Å². The van der Waals surface area contributed by atoms with Gasteiger partial charge in [0.2, 0.25) is 0 Å². The van der Waals surface area contributed by atoms with Gasteiger partial charge in [-0.1, -0.05) is 24.8 Å². The summed E-state index contributed by atoms with van der Waals surface area (Å²) in [4.78, 5) is 0. The Morgan fingerprint density at radius 3 is 2.54 bits per heavy atom. The van der Waals surface area contributed by atoms with E-state index in [9.17, 15) is 21.6 Å². The zero-order valence-electron chi connectivity index (χ0n) is 14.9. The van der Waals surface area contributed by atoms with E-state index < -0.39 is 21.8 Å². The van der Waals surface area contributed by atoms with Crippen molar-refractivity contribution in [3.05, 3.63) is 60.0 Å². The molecule has 3 aromatic rings. The van der Waals surface area contributed by atoms with E-state index in [0.29, 0.717) is 40.1 Å². The molecule has 0 radical (unpaired) electrons. The van der Waals surface area contributed by atoms with Crippen molar-refractivity contribution in [1.82, 2.24) is 4.57 Å². The van der Waals surface area contributed by atoms with Crippen molar-refractivity contribution in [2.45, 2.75) is 19.6 Å². The molecule has 3 N–H and O–H groups in total. The van der Waals surface area contributed by atoms with Gasteiger partial charge in [0.25, 0.3) is 10.0 Å². The van der Waals surface area contributed by atoms with E-state index in [2.05, 4.69) is 11.3 Å². The molecule has 0 unspecified atom stereocenters. The van der Waals surface area contributed by atoms with Crippen LogP contribution in [0.1, 0.15) is 12.5 Å². The van der Waals surface area contributed by atoms with E-state index in [-0.39, 0.29) is 0 Å². The number of nitrogens with one attached hydrogen (secondary N) is 1. The highest BCUT2D eigenvalue weighted by Gasteiger charge is 2.31. The van der Waals surface area contributed by atoms with Crippen LogP contribution in [0.2, 0.25) is 0 Å². The molecule has 0 aliphatic rings. The maximum atomic E-state index is 13.1. The first-order valence-electron chi connectivity index (χ1n) is 8.32. The van der Waals surface area contributed by atoms with Gasteiger partial charge in [0, 0.05) is 28.6 Å². The van der Waals surface area contributed by atoms with Crippen LogP contribution in [-0.4, -0.2) is 13.0 Å². The summed E-state index contributed by atoms with van der Waals surface area (Å²) in [7, 11) is -3.69. The molecule has 0 amide bonds. The zero-order chi connectivity index (χ0) is 20.7. The summed E-state index contributed by atoms with van der Waals surface area (Å²) < 4.78 is 66.8. The molecule has 0 spiro atoms. The normalized spacial score (nSPS) is 12.3. The second-order valence-corrected chi connectivity index (χ2v) is 7.76. The Labute approximate surface area is 160 Å². The summed E-state index contributed by atoms with van der Waals surface area (Å²) in [5, 5.41) is 1.29. The summed E-state index contributed by atoms with van der Waals surface area (Å²) in [6, 6.07) is 9.90. The Balaban J connectivity index is 2.21. The lowest BCUT2D eigenvalue weighted by molar-refractivity contribution is -0.137. The molecule has 1 aromatic heterocycles. The van der Waals surface area contributed by atoms with Crippen LogP contribution in [0.25, 0.3) is 22.2 Å². The molecule has 148 valence electrons. The van der Waals surface area contributed by atoms with Gasteiger partial charge in [-0.3, -0.25) is 4.72 Å². The maximum Gasteiger partial charge on any atom is 0.416 e. The van der Waals surface area contributed by atoms with Crippen LogP contribution in [0, 0.1) is 0 Å². The molecule has 0 bridgehead atoms. The number of fused-ring (bicyclic) bond motifs is 1. The van der Waals surface area contributed by atoms with Crippen LogP contribution < -0.4 is 10.5 Å². The van der Waals surface area contributed by atoms with E-state index in [1.807, 2.05) is 0 Å². The number of halogens is 3. The Morgan fingerprint density at radius 2 is 1.93 bits per heavy atom. The van der Waals surface area contributed by atoms with E-state index >= 15 is 0 Å². The first-order valence-corrected chi connectivity index (χ1v) is 9.86. The highest BCUT2D eigenvalue weighted by atomic mass is 32.2. The number of nitrogen functional groups attached to an aromatic ring is 1. The van der Waals surface area contributed by atoms with Crippen LogP contribution in [0.5, 0.6) is 0 Å². The van der Waals surface area contributed by atoms with Gasteiger partial charge in [-0.25, -0.2) is 8.42 Å². The van der Waals surface area contributed by atoms with Crippen molar-refractivity contribution in [3.8, 4) is 11.3 Å². The Hall–Kier alpha value is -2.94. The monoisotopic (exact) mass is 409 g/mol. The van der Waals surface area contributed by atoms with E-state index in [4.69, 9.17) is 5.73 Å². The van der Waals surface area contributed by atoms with Gasteiger partial charge in [0.05, 0.1) is 22.5 Å². The summed E-state index contributed by atoms with van der Waals surface area (Å²) >= 11 is 0. The molecule has 0 saturated carbocycles. The SMILES string of the molecule is C=CS(=O)(=O)Nc1cccc(-c2c(N)c3ccc(C(F)(F)F)cc3n2CC)c1. The third-order valence-electron chi connectivity index (χ3n) is 4.36. The number of aromatic nitrogens is 1. The minimum absolute atomic E-state index is 0.292. The highest BCUT2D eigenvalue weighted by molar-refractivity contribution is 7.95. The number of anilines is 2. The molecule has 0 atom stereocenters. The van der Waals surface area contributed by atoms with Gasteiger partial charge in [0.1, 0.15) is 0 Å². The van der Waals surface area contributed by atoms with Gasteiger partial charge in [-0.2, -0.15) is 13.2 Å². The number of nitrogens with two attached hydrogens (primary N) is 1. The number of sulfonamides is 1. The fourth-order valence-corrected chi connectivity index (χ4v) is 3.67.